The summed E-state index contributed by atoms with van der Waals surface area (Å²) in [6, 6.07) is 5.16. The van der Waals surface area contributed by atoms with Crippen molar-refractivity contribution in [1.29, 1.82) is 0 Å². The number of thioether (sulfide) groups is 1. The number of anilines is 1. The summed E-state index contributed by atoms with van der Waals surface area (Å²) in [7, 11) is 6.33. The number of nitro groups is 1. The Bertz CT molecular complexity index is 484. The smallest absolute Gasteiger partial charge is 0.270 e. The van der Waals surface area contributed by atoms with Crippen molar-refractivity contribution in [2.24, 2.45) is 0 Å². The molecule has 0 radical (unpaired) electrons. The fourth-order valence-electron chi connectivity index (χ4n) is 2.05. The van der Waals surface area contributed by atoms with E-state index in [1.807, 2.05) is 6.07 Å². The third-order valence-electron chi connectivity index (χ3n) is 3.48. The van der Waals surface area contributed by atoms with Gasteiger partial charge in [0, 0.05) is 35.9 Å². The molecule has 1 aromatic carbocycles. The number of benzene rings is 1. The van der Waals surface area contributed by atoms with Crippen LogP contribution >= 0.6 is 11.8 Å². The Morgan fingerprint density at radius 1 is 1.58 bits per heavy atom. The first-order valence-corrected chi connectivity index (χ1v) is 7.30. The summed E-state index contributed by atoms with van der Waals surface area (Å²) in [6.45, 7) is 1.94. The van der Waals surface area contributed by atoms with Gasteiger partial charge in [0.2, 0.25) is 0 Å². The predicted octanol–water partition coefficient (Wildman–Crippen LogP) is 1.03. The lowest BCUT2D eigenvalue weighted by molar-refractivity contribution is -0.385. The largest absolute Gasteiger partial charge is 0.369 e. The van der Waals surface area contributed by atoms with Crippen LogP contribution in [-0.4, -0.2) is 56.5 Å². The lowest BCUT2D eigenvalue weighted by atomic mass is 9.94. The second-order valence-electron chi connectivity index (χ2n) is 5.02. The molecule has 0 saturated carbocycles. The minimum absolute atomic E-state index is 0.175. The highest BCUT2D eigenvalue weighted by Gasteiger charge is 2.21. The Labute approximate surface area is 118 Å². The molecule has 102 valence electrons. The number of hydrogen-bond acceptors (Lipinski definition) is 5. The molecule has 0 amide bonds. The van der Waals surface area contributed by atoms with Crippen molar-refractivity contribution in [2.75, 3.05) is 37.8 Å². The van der Waals surface area contributed by atoms with Gasteiger partial charge in [-0.05, 0) is 26.1 Å². The van der Waals surface area contributed by atoms with Gasteiger partial charge in [-0.3, -0.25) is 10.1 Å². The summed E-state index contributed by atoms with van der Waals surface area (Å²) in [4.78, 5) is 16.0. The molecular formula is C12H18BN3O2S. The maximum Gasteiger partial charge on any atom is 0.270 e. The average molecular weight is 279 g/mol. The molecule has 1 unspecified atom stereocenters. The van der Waals surface area contributed by atoms with Crippen LogP contribution in [0.15, 0.2) is 23.1 Å². The summed E-state index contributed by atoms with van der Waals surface area (Å²) < 4.78 is 0. The molecule has 1 atom stereocenters. The highest BCUT2D eigenvalue weighted by Crippen LogP contribution is 2.37. The van der Waals surface area contributed by atoms with Gasteiger partial charge in [-0.2, -0.15) is 0 Å². The van der Waals surface area contributed by atoms with Gasteiger partial charge in [-0.15, -0.1) is 11.8 Å². The molecule has 7 heteroatoms. The number of fused-ring (bicyclic) bond motifs is 1. The van der Waals surface area contributed by atoms with E-state index < -0.39 is 0 Å². The lowest BCUT2D eigenvalue weighted by Crippen LogP contribution is -2.42. The Kier molecular flexibility index (Phi) is 4.36. The van der Waals surface area contributed by atoms with E-state index in [-0.39, 0.29) is 10.6 Å². The van der Waals surface area contributed by atoms with Gasteiger partial charge in [0.1, 0.15) is 7.85 Å². The van der Waals surface area contributed by atoms with Crippen LogP contribution in [0.25, 0.3) is 0 Å². The van der Waals surface area contributed by atoms with Crippen molar-refractivity contribution < 1.29 is 4.92 Å². The highest BCUT2D eigenvalue weighted by molar-refractivity contribution is 7.99. The summed E-state index contributed by atoms with van der Waals surface area (Å²) in [6.07, 6.45) is 0. The molecular weight excluding hydrogens is 261 g/mol. The van der Waals surface area contributed by atoms with E-state index in [0.29, 0.717) is 5.94 Å². The molecule has 19 heavy (non-hydrogen) atoms. The first-order valence-electron chi connectivity index (χ1n) is 6.31. The van der Waals surface area contributed by atoms with Crippen LogP contribution in [0.2, 0.25) is 0 Å². The molecule has 0 bridgehead atoms. The van der Waals surface area contributed by atoms with Crippen molar-refractivity contribution in [3.63, 3.8) is 0 Å². The van der Waals surface area contributed by atoms with Crippen LogP contribution in [-0.2, 0) is 0 Å². The maximum atomic E-state index is 10.8. The number of nitro benzene ring substituents is 1. The van der Waals surface area contributed by atoms with Gasteiger partial charge in [0.15, 0.2) is 0 Å². The van der Waals surface area contributed by atoms with Crippen LogP contribution in [0.3, 0.4) is 0 Å². The first-order chi connectivity index (χ1) is 8.99. The van der Waals surface area contributed by atoms with Crippen molar-refractivity contribution in [3.8, 4) is 0 Å². The second kappa shape index (κ2) is 5.84. The monoisotopic (exact) mass is 279 g/mol. The van der Waals surface area contributed by atoms with Crippen LogP contribution in [0.1, 0.15) is 0 Å². The quantitative estimate of drug-likeness (QED) is 0.468. The fourth-order valence-corrected chi connectivity index (χ4v) is 3.13. The number of non-ortho nitro benzene ring substituents is 1. The zero-order valence-corrected chi connectivity index (χ0v) is 12.3. The van der Waals surface area contributed by atoms with E-state index in [9.17, 15) is 10.1 Å². The van der Waals surface area contributed by atoms with Crippen LogP contribution in [0.5, 0.6) is 0 Å². The highest BCUT2D eigenvalue weighted by atomic mass is 32.2. The molecule has 0 spiro atoms. The molecule has 0 fully saturated rings. The third kappa shape index (κ3) is 3.22. The number of hydrogen-bond donors (Lipinski definition) is 0. The van der Waals surface area contributed by atoms with Gasteiger partial charge in [-0.1, -0.05) is 0 Å². The first kappa shape index (κ1) is 14.2. The molecule has 5 nitrogen and oxygen atoms in total. The Balaban J connectivity index is 2.22. The van der Waals surface area contributed by atoms with Gasteiger partial charge in [0.25, 0.3) is 5.69 Å². The van der Waals surface area contributed by atoms with E-state index in [1.165, 1.54) is 0 Å². The van der Waals surface area contributed by atoms with Crippen LogP contribution in [0.4, 0.5) is 11.4 Å². The minimum atomic E-state index is -0.331. The van der Waals surface area contributed by atoms with Gasteiger partial charge >= 0.3 is 0 Å². The van der Waals surface area contributed by atoms with E-state index in [4.69, 9.17) is 0 Å². The summed E-state index contributed by atoms with van der Waals surface area (Å²) in [5.74, 6) is 1.43. The number of rotatable bonds is 4. The molecule has 0 N–H and O–H groups in total. The third-order valence-corrected chi connectivity index (χ3v) is 4.50. The molecule has 2 rings (SSSR count). The lowest BCUT2D eigenvalue weighted by Gasteiger charge is -2.34. The molecule has 0 aliphatic carbocycles. The topological polar surface area (TPSA) is 49.6 Å². The van der Waals surface area contributed by atoms with Crippen LogP contribution < -0.4 is 4.90 Å². The molecule has 0 aromatic heterocycles. The molecule has 1 aliphatic rings. The second-order valence-corrected chi connectivity index (χ2v) is 6.15. The van der Waals surface area contributed by atoms with Crippen LogP contribution in [0, 0.1) is 10.1 Å². The molecule has 1 heterocycles. The van der Waals surface area contributed by atoms with E-state index in [1.54, 1.807) is 23.9 Å². The van der Waals surface area contributed by atoms with E-state index in [2.05, 4.69) is 31.7 Å². The predicted molar refractivity (Wildman–Crippen MR) is 82.1 cm³/mol. The molecule has 1 aliphatic heterocycles. The standard InChI is InChI=1S/C12H18BN3O2S/c1-14(2)12(13)8-15-5-6-19-11-7-9(16(17)18)3-4-10(11)15/h3-4,7,12H,5-6,8,13H2,1-2H3. The van der Waals surface area contributed by atoms with Gasteiger partial charge in [-0.25, -0.2) is 0 Å². The van der Waals surface area contributed by atoms with Crippen molar-refractivity contribution in [3.05, 3.63) is 28.3 Å². The Hall–Kier alpha value is -1.21. The zero-order chi connectivity index (χ0) is 14.0. The number of likely N-dealkylation sites (N-methyl/N-ethyl adjacent to an activating group) is 1. The molecule has 0 saturated heterocycles. The summed E-state index contributed by atoms with van der Waals surface area (Å²) >= 11 is 1.70. The van der Waals surface area contributed by atoms with Gasteiger partial charge < -0.3 is 9.80 Å². The van der Waals surface area contributed by atoms with Gasteiger partial charge in [0.05, 0.1) is 10.6 Å². The Morgan fingerprint density at radius 3 is 2.95 bits per heavy atom. The van der Waals surface area contributed by atoms with Crippen molar-refractivity contribution in [1.82, 2.24) is 4.90 Å². The zero-order valence-electron chi connectivity index (χ0n) is 11.5. The van der Waals surface area contributed by atoms with Crippen molar-refractivity contribution in [2.45, 2.75) is 10.8 Å². The average Bonchev–Trinajstić information content (AvgIpc) is 2.38. The fraction of sp³-hybridized carbons (Fsp3) is 0.500. The summed E-state index contributed by atoms with van der Waals surface area (Å²) in [5, 5.41) is 10.8. The SMILES string of the molecule is BC(CN1CCSc2cc([N+](=O)[O-])ccc21)N(C)C. The van der Waals surface area contributed by atoms with E-state index >= 15 is 0 Å². The Morgan fingerprint density at radius 2 is 2.32 bits per heavy atom. The van der Waals surface area contributed by atoms with Crippen molar-refractivity contribution >= 4 is 31.0 Å². The maximum absolute atomic E-state index is 10.8. The number of nitrogens with zero attached hydrogens (tertiary/aromatic N) is 3. The molecule has 1 aromatic rings. The van der Waals surface area contributed by atoms with E-state index in [0.717, 1.165) is 29.4 Å². The summed E-state index contributed by atoms with van der Waals surface area (Å²) in [5.41, 5.74) is 1.30. The minimum Gasteiger partial charge on any atom is -0.369 e. The normalized spacial score (nSPS) is 16.3.